The van der Waals surface area contributed by atoms with Gasteiger partial charge in [-0.1, -0.05) is 11.6 Å². The maximum absolute atomic E-state index is 10.8. The van der Waals surface area contributed by atoms with E-state index in [1.807, 2.05) is 21.2 Å². The van der Waals surface area contributed by atoms with Crippen molar-refractivity contribution in [3.8, 4) is 0 Å². The summed E-state index contributed by atoms with van der Waals surface area (Å²) in [6.07, 6.45) is 0. The van der Waals surface area contributed by atoms with Crippen molar-refractivity contribution in [3.63, 3.8) is 0 Å². The first kappa shape index (κ1) is 8.49. The molecule has 0 spiro atoms. The molecule has 0 N–H and O–H groups in total. The average Bonchev–Trinajstić information content (AvgIpc) is 1.88. The maximum Gasteiger partial charge on any atom is 0.115 e. The zero-order valence-corrected chi connectivity index (χ0v) is 8.61. The Labute approximate surface area is 78.8 Å². The fourth-order valence-corrected chi connectivity index (χ4v) is 1.90. The third-order valence-electron chi connectivity index (χ3n) is 0.999. The summed E-state index contributed by atoms with van der Waals surface area (Å²) in [5.41, 5.74) is 0. The minimum Gasteiger partial charge on any atom is -0.243 e. The van der Waals surface area contributed by atoms with Crippen LogP contribution in [0.15, 0.2) is 29.2 Å². The molecule has 0 aromatic heterocycles. The van der Waals surface area contributed by atoms with Crippen molar-refractivity contribution < 1.29 is 4.21 Å². The van der Waals surface area contributed by atoms with Gasteiger partial charge >= 0.3 is 0 Å². The molecule has 0 radical (unpaired) electrons. The van der Waals surface area contributed by atoms with Gasteiger partial charge in [0.2, 0.25) is 0 Å². The Morgan fingerprint density at radius 2 is 1.80 bits per heavy atom. The summed E-state index contributed by atoms with van der Waals surface area (Å²) in [4.78, 5) is 0.796. The summed E-state index contributed by atoms with van der Waals surface area (Å²) in [5.74, 6) is 0. The second-order valence-corrected chi connectivity index (χ2v) is 5.43. The second kappa shape index (κ2) is 3.69. The SMILES string of the molecule is O=S(I)c1ccc(Cl)cc1. The molecule has 0 aliphatic rings. The van der Waals surface area contributed by atoms with Gasteiger partial charge in [0.1, 0.15) is 7.97 Å². The Morgan fingerprint density at radius 1 is 1.30 bits per heavy atom. The topological polar surface area (TPSA) is 17.1 Å². The van der Waals surface area contributed by atoms with Crippen molar-refractivity contribution in [1.29, 1.82) is 0 Å². The van der Waals surface area contributed by atoms with Crippen LogP contribution in [-0.2, 0) is 7.97 Å². The molecule has 1 aromatic carbocycles. The zero-order valence-electron chi connectivity index (χ0n) is 4.88. The van der Waals surface area contributed by atoms with E-state index >= 15 is 0 Å². The number of halogens is 2. The summed E-state index contributed by atoms with van der Waals surface area (Å²) >= 11 is 7.46. The van der Waals surface area contributed by atoms with Crippen LogP contribution in [0.4, 0.5) is 0 Å². The van der Waals surface area contributed by atoms with E-state index in [0.29, 0.717) is 5.02 Å². The fraction of sp³-hybridized carbons (Fsp3) is 0. The summed E-state index contributed by atoms with van der Waals surface area (Å²) in [6.45, 7) is 0. The van der Waals surface area contributed by atoms with Crippen molar-refractivity contribution in [2.24, 2.45) is 0 Å². The van der Waals surface area contributed by atoms with E-state index in [1.54, 1.807) is 24.3 Å². The first-order valence-corrected chi connectivity index (χ1v) is 6.61. The predicted molar refractivity (Wildman–Crippen MR) is 51.9 cm³/mol. The van der Waals surface area contributed by atoms with Crippen LogP contribution in [0.2, 0.25) is 5.02 Å². The highest BCUT2D eigenvalue weighted by atomic mass is 127. The first-order chi connectivity index (χ1) is 4.70. The minimum atomic E-state index is -0.926. The van der Waals surface area contributed by atoms with Gasteiger partial charge in [-0.2, -0.15) is 0 Å². The molecule has 0 saturated heterocycles. The van der Waals surface area contributed by atoms with Crippen LogP contribution in [0.1, 0.15) is 0 Å². The Balaban J connectivity index is 3.00. The molecule has 0 amide bonds. The molecule has 1 aromatic rings. The minimum absolute atomic E-state index is 0.672. The van der Waals surface area contributed by atoms with E-state index in [2.05, 4.69) is 0 Å². The van der Waals surface area contributed by atoms with E-state index in [4.69, 9.17) is 11.6 Å². The molecule has 4 heteroatoms. The van der Waals surface area contributed by atoms with Gasteiger partial charge in [-0.15, -0.1) is 0 Å². The van der Waals surface area contributed by atoms with Crippen LogP contribution in [0, 0.1) is 0 Å². The molecule has 54 valence electrons. The third kappa shape index (κ3) is 2.21. The predicted octanol–water partition coefficient (Wildman–Crippen LogP) is 2.80. The largest absolute Gasteiger partial charge is 0.243 e. The third-order valence-corrected chi connectivity index (χ3v) is 3.42. The lowest BCUT2D eigenvalue weighted by Crippen LogP contribution is -1.77. The van der Waals surface area contributed by atoms with Gasteiger partial charge in [-0.3, -0.25) is 0 Å². The normalized spacial score (nSPS) is 13.0. The summed E-state index contributed by atoms with van der Waals surface area (Å²) in [5, 5.41) is 0.672. The Morgan fingerprint density at radius 3 is 2.20 bits per heavy atom. The van der Waals surface area contributed by atoms with E-state index in [1.165, 1.54) is 0 Å². The van der Waals surface area contributed by atoms with Crippen LogP contribution in [0.3, 0.4) is 0 Å². The van der Waals surface area contributed by atoms with E-state index in [-0.39, 0.29) is 0 Å². The summed E-state index contributed by atoms with van der Waals surface area (Å²) < 4.78 is 10.8. The number of rotatable bonds is 1. The van der Waals surface area contributed by atoms with Gasteiger partial charge in [-0.05, 0) is 24.3 Å². The van der Waals surface area contributed by atoms with E-state index in [9.17, 15) is 4.21 Å². The molecule has 0 saturated carbocycles. The van der Waals surface area contributed by atoms with Gasteiger partial charge in [0.05, 0.1) is 0 Å². The smallest absolute Gasteiger partial charge is 0.115 e. The van der Waals surface area contributed by atoms with Crippen molar-refractivity contribution in [3.05, 3.63) is 29.3 Å². The van der Waals surface area contributed by atoms with Gasteiger partial charge in [-0.25, -0.2) is 4.21 Å². The maximum atomic E-state index is 10.8. The molecule has 0 aliphatic heterocycles. The molecule has 1 rings (SSSR count). The Hall–Kier alpha value is 0.390. The van der Waals surface area contributed by atoms with Gasteiger partial charge in [0, 0.05) is 31.1 Å². The average molecular weight is 287 g/mol. The van der Waals surface area contributed by atoms with Crippen LogP contribution in [0.5, 0.6) is 0 Å². The van der Waals surface area contributed by atoms with Crippen LogP contribution < -0.4 is 0 Å². The highest BCUT2D eigenvalue weighted by Gasteiger charge is 1.96. The summed E-state index contributed by atoms with van der Waals surface area (Å²) in [7, 11) is -0.926. The molecule has 0 heterocycles. The molecule has 0 aliphatic carbocycles. The monoisotopic (exact) mass is 286 g/mol. The van der Waals surface area contributed by atoms with Gasteiger partial charge in [0.15, 0.2) is 0 Å². The Kier molecular flexibility index (Phi) is 3.13. The number of benzene rings is 1. The second-order valence-electron chi connectivity index (χ2n) is 1.68. The Bertz CT molecular complexity index is 246. The molecular formula is C6H4ClIOS. The highest BCUT2D eigenvalue weighted by molar-refractivity contribution is 14.2. The molecular weight excluding hydrogens is 282 g/mol. The van der Waals surface area contributed by atoms with Gasteiger partial charge in [0.25, 0.3) is 0 Å². The molecule has 0 bridgehead atoms. The lowest BCUT2D eigenvalue weighted by atomic mass is 10.4. The van der Waals surface area contributed by atoms with Crippen LogP contribution in [-0.4, -0.2) is 4.21 Å². The van der Waals surface area contributed by atoms with E-state index in [0.717, 1.165) is 4.90 Å². The highest BCUT2D eigenvalue weighted by Crippen LogP contribution is 2.15. The molecule has 10 heavy (non-hydrogen) atoms. The van der Waals surface area contributed by atoms with Crippen molar-refractivity contribution in [2.75, 3.05) is 0 Å². The van der Waals surface area contributed by atoms with Crippen molar-refractivity contribution >= 4 is 40.8 Å². The van der Waals surface area contributed by atoms with E-state index < -0.39 is 7.97 Å². The zero-order chi connectivity index (χ0) is 7.56. The fourth-order valence-electron chi connectivity index (χ4n) is 0.542. The lowest BCUT2D eigenvalue weighted by Gasteiger charge is -1.92. The quantitative estimate of drug-likeness (QED) is 0.573. The number of hydrogen-bond acceptors (Lipinski definition) is 1. The van der Waals surface area contributed by atoms with Crippen LogP contribution >= 0.6 is 32.8 Å². The standard InChI is InChI=1S/C6H4ClIOS/c7-5-1-3-6(4-2-5)10(8)9/h1-4H. The van der Waals surface area contributed by atoms with Crippen molar-refractivity contribution in [1.82, 2.24) is 0 Å². The number of hydrogen-bond donors (Lipinski definition) is 0. The van der Waals surface area contributed by atoms with Gasteiger partial charge < -0.3 is 0 Å². The molecule has 1 atom stereocenters. The molecule has 0 fully saturated rings. The van der Waals surface area contributed by atoms with Crippen LogP contribution in [0.25, 0.3) is 0 Å². The lowest BCUT2D eigenvalue weighted by molar-refractivity contribution is 0.693. The molecule has 1 unspecified atom stereocenters. The first-order valence-electron chi connectivity index (χ1n) is 2.54. The summed E-state index contributed by atoms with van der Waals surface area (Å²) in [6, 6.07) is 6.97. The van der Waals surface area contributed by atoms with Crippen molar-refractivity contribution in [2.45, 2.75) is 4.90 Å². The molecule has 1 nitrogen and oxygen atoms in total.